The van der Waals surface area contributed by atoms with E-state index in [-0.39, 0.29) is 10.7 Å². The molecule has 23 heavy (non-hydrogen) atoms. The molecule has 0 N–H and O–H groups in total. The number of aryl methyl sites for hydroxylation is 1. The number of thioether (sulfide) groups is 1. The smallest absolute Gasteiger partial charge is 0.417 e. The normalized spacial score (nSPS) is 11.1. The minimum atomic E-state index is -4.57. The Kier molecular flexibility index (Phi) is 5.50. The van der Waals surface area contributed by atoms with E-state index in [1.165, 1.54) is 6.92 Å². The molecule has 3 nitrogen and oxygen atoms in total. The first-order chi connectivity index (χ1) is 10.9. The van der Waals surface area contributed by atoms with Crippen LogP contribution < -0.4 is 4.74 Å². The number of ether oxygens (including phenoxy) is 1. The summed E-state index contributed by atoms with van der Waals surface area (Å²) in [5, 5.41) is 9.13. The van der Waals surface area contributed by atoms with Crippen molar-refractivity contribution in [2.24, 2.45) is 0 Å². The van der Waals surface area contributed by atoms with Crippen LogP contribution in [0.25, 0.3) is 0 Å². The molecule has 0 fully saturated rings. The van der Waals surface area contributed by atoms with Crippen LogP contribution in [0, 0.1) is 18.3 Å². The number of nitriles is 1. The molecule has 2 rings (SSSR count). The summed E-state index contributed by atoms with van der Waals surface area (Å²) < 4.78 is 44.5. The van der Waals surface area contributed by atoms with Crippen LogP contribution in [-0.4, -0.2) is 17.3 Å². The number of rotatable bonds is 5. The van der Waals surface area contributed by atoms with Crippen molar-refractivity contribution in [1.29, 1.82) is 5.26 Å². The van der Waals surface area contributed by atoms with Crippen molar-refractivity contribution in [3.8, 4) is 11.8 Å². The Morgan fingerprint density at radius 3 is 2.57 bits per heavy atom. The van der Waals surface area contributed by atoms with Crippen LogP contribution >= 0.6 is 11.8 Å². The maximum Gasteiger partial charge on any atom is 0.417 e. The number of aromatic nitrogens is 1. The molecular weight excluding hydrogens is 325 g/mol. The lowest BCUT2D eigenvalue weighted by Gasteiger charge is -2.13. The molecule has 2 aromatic rings. The van der Waals surface area contributed by atoms with E-state index in [4.69, 9.17) is 10.00 Å². The molecule has 1 aromatic heterocycles. The molecule has 0 bridgehead atoms. The van der Waals surface area contributed by atoms with Crippen LogP contribution in [0.3, 0.4) is 0 Å². The van der Waals surface area contributed by atoms with Gasteiger partial charge in [0.25, 0.3) is 0 Å². The van der Waals surface area contributed by atoms with Crippen LogP contribution in [0.1, 0.15) is 16.8 Å². The second kappa shape index (κ2) is 7.38. The lowest BCUT2D eigenvalue weighted by Crippen LogP contribution is -2.11. The number of hydrogen-bond donors (Lipinski definition) is 0. The number of nitrogens with zero attached hydrogens (tertiary/aromatic N) is 2. The summed E-state index contributed by atoms with van der Waals surface area (Å²) in [5.74, 6) is 1.07. The van der Waals surface area contributed by atoms with Gasteiger partial charge in [-0.25, -0.2) is 4.98 Å². The quantitative estimate of drug-likeness (QED) is 0.597. The third-order valence-electron chi connectivity index (χ3n) is 2.87. The average Bonchev–Trinajstić information content (AvgIpc) is 2.51. The largest absolute Gasteiger partial charge is 0.493 e. The number of hydrogen-bond acceptors (Lipinski definition) is 4. The minimum absolute atomic E-state index is 0.0801. The molecule has 0 unspecified atom stereocenters. The summed E-state index contributed by atoms with van der Waals surface area (Å²) >= 11 is 1.08. The summed E-state index contributed by atoms with van der Waals surface area (Å²) in [6.45, 7) is 1.78. The van der Waals surface area contributed by atoms with Crippen LogP contribution in [0.2, 0.25) is 0 Å². The van der Waals surface area contributed by atoms with Gasteiger partial charge in [0.15, 0.2) is 0 Å². The molecule has 0 amide bonds. The Morgan fingerprint density at radius 1 is 1.26 bits per heavy atom. The fourth-order valence-corrected chi connectivity index (χ4v) is 2.76. The first kappa shape index (κ1) is 17.2. The zero-order chi connectivity index (χ0) is 16.9. The second-order valence-corrected chi connectivity index (χ2v) is 5.69. The van der Waals surface area contributed by atoms with Gasteiger partial charge in [-0.3, -0.25) is 0 Å². The van der Waals surface area contributed by atoms with Crippen LogP contribution in [0.5, 0.6) is 5.75 Å². The van der Waals surface area contributed by atoms with Crippen molar-refractivity contribution in [2.45, 2.75) is 18.1 Å². The molecule has 0 saturated heterocycles. The van der Waals surface area contributed by atoms with Gasteiger partial charge in [0, 0.05) is 11.4 Å². The van der Waals surface area contributed by atoms with Crippen LogP contribution in [0.4, 0.5) is 13.2 Å². The van der Waals surface area contributed by atoms with Gasteiger partial charge >= 0.3 is 6.18 Å². The third-order valence-corrected chi connectivity index (χ3v) is 3.81. The van der Waals surface area contributed by atoms with Gasteiger partial charge in [-0.1, -0.05) is 18.2 Å². The van der Waals surface area contributed by atoms with Gasteiger partial charge in [-0.15, -0.1) is 11.8 Å². The number of halogens is 3. The molecular formula is C16H13F3N2OS. The maximum atomic E-state index is 13.0. The standard InChI is InChI=1S/C16H13F3N2OS/c1-11-9-14(16(17,18)19)13(10-20)15(21-11)23-8-7-22-12-5-3-2-4-6-12/h2-6,9H,7-8H2,1H3. The van der Waals surface area contributed by atoms with Crippen LogP contribution in [-0.2, 0) is 6.18 Å². The average molecular weight is 338 g/mol. The molecule has 0 aliphatic rings. The summed E-state index contributed by atoms with van der Waals surface area (Å²) in [5.41, 5.74) is -1.16. The van der Waals surface area contributed by atoms with Gasteiger partial charge < -0.3 is 4.74 Å². The summed E-state index contributed by atoms with van der Waals surface area (Å²) in [6, 6.07) is 11.6. The summed E-state index contributed by atoms with van der Waals surface area (Å²) in [6.07, 6.45) is -4.57. The van der Waals surface area contributed by atoms with E-state index in [0.717, 1.165) is 17.8 Å². The van der Waals surface area contributed by atoms with Crippen molar-refractivity contribution in [1.82, 2.24) is 4.98 Å². The molecule has 7 heteroatoms. The first-order valence-corrected chi connectivity index (χ1v) is 7.70. The Labute approximate surface area is 136 Å². The Balaban J connectivity index is 2.08. The topological polar surface area (TPSA) is 45.9 Å². The molecule has 0 aliphatic carbocycles. The van der Waals surface area contributed by atoms with Gasteiger partial charge in [0.2, 0.25) is 0 Å². The predicted molar refractivity (Wildman–Crippen MR) is 81.4 cm³/mol. The van der Waals surface area contributed by atoms with E-state index in [2.05, 4.69) is 4.98 Å². The second-order valence-electron chi connectivity index (χ2n) is 4.61. The fourth-order valence-electron chi connectivity index (χ4n) is 1.90. The van der Waals surface area contributed by atoms with Gasteiger partial charge in [0.05, 0.1) is 17.7 Å². The Hall–Kier alpha value is -2.20. The summed E-state index contributed by atoms with van der Waals surface area (Å²) in [4.78, 5) is 4.05. The van der Waals surface area contributed by atoms with E-state index in [9.17, 15) is 13.2 Å². The fraction of sp³-hybridized carbons (Fsp3) is 0.250. The zero-order valence-electron chi connectivity index (χ0n) is 12.2. The molecule has 120 valence electrons. The number of pyridine rings is 1. The molecule has 0 atom stereocenters. The number of para-hydroxylation sites is 1. The van der Waals surface area contributed by atoms with Crippen molar-refractivity contribution < 1.29 is 17.9 Å². The monoisotopic (exact) mass is 338 g/mol. The number of alkyl halides is 3. The van der Waals surface area contributed by atoms with Crippen LogP contribution in [0.15, 0.2) is 41.4 Å². The summed E-state index contributed by atoms with van der Waals surface area (Å²) in [7, 11) is 0. The third kappa shape index (κ3) is 4.63. The van der Waals surface area contributed by atoms with Crippen molar-refractivity contribution in [3.63, 3.8) is 0 Å². The molecule has 0 saturated carbocycles. The van der Waals surface area contributed by atoms with Gasteiger partial charge in [-0.05, 0) is 25.1 Å². The maximum absolute atomic E-state index is 13.0. The lowest BCUT2D eigenvalue weighted by atomic mass is 10.1. The molecule has 1 heterocycles. The first-order valence-electron chi connectivity index (χ1n) is 6.71. The van der Waals surface area contributed by atoms with E-state index in [0.29, 0.717) is 18.1 Å². The molecule has 1 aromatic carbocycles. The minimum Gasteiger partial charge on any atom is -0.493 e. The lowest BCUT2D eigenvalue weighted by molar-refractivity contribution is -0.138. The van der Waals surface area contributed by atoms with E-state index < -0.39 is 17.3 Å². The molecule has 0 spiro atoms. The Morgan fingerprint density at radius 2 is 1.96 bits per heavy atom. The van der Waals surface area contributed by atoms with Crippen molar-refractivity contribution in [3.05, 3.63) is 53.2 Å². The van der Waals surface area contributed by atoms with E-state index in [1.54, 1.807) is 18.2 Å². The molecule has 0 radical (unpaired) electrons. The van der Waals surface area contributed by atoms with Crippen molar-refractivity contribution >= 4 is 11.8 Å². The molecule has 0 aliphatic heterocycles. The van der Waals surface area contributed by atoms with E-state index in [1.807, 2.05) is 18.2 Å². The number of benzene rings is 1. The van der Waals surface area contributed by atoms with Gasteiger partial charge in [-0.2, -0.15) is 18.4 Å². The highest BCUT2D eigenvalue weighted by Crippen LogP contribution is 2.35. The van der Waals surface area contributed by atoms with Gasteiger partial charge in [0.1, 0.15) is 16.8 Å². The zero-order valence-corrected chi connectivity index (χ0v) is 13.0. The Bertz CT molecular complexity index is 712. The highest BCUT2D eigenvalue weighted by Gasteiger charge is 2.35. The van der Waals surface area contributed by atoms with Crippen molar-refractivity contribution in [2.75, 3.05) is 12.4 Å². The predicted octanol–water partition coefficient (Wildman–Crippen LogP) is 4.45. The highest BCUT2D eigenvalue weighted by molar-refractivity contribution is 7.99. The SMILES string of the molecule is Cc1cc(C(F)(F)F)c(C#N)c(SCCOc2ccccc2)n1. The van der Waals surface area contributed by atoms with E-state index >= 15 is 0 Å². The highest BCUT2D eigenvalue weighted by atomic mass is 32.2.